The molecule has 6 atom stereocenters. The van der Waals surface area contributed by atoms with Gasteiger partial charge >= 0.3 is 12.1 Å². The van der Waals surface area contributed by atoms with Crippen LogP contribution in [0.1, 0.15) is 68.8 Å². The summed E-state index contributed by atoms with van der Waals surface area (Å²) in [4.78, 5) is 38.7. The molecule has 0 spiro atoms. The fourth-order valence-electron chi connectivity index (χ4n) is 5.83. The molecule has 15 heteroatoms. The average molecular weight is 607 g/mol. The van der Waals surface area contributed by atoms with Gasteiger partial charge in [0, 0.05) is 36.0 Å². The zero-order chi connectivity index (χ0) is 31.6. The highest BCUT2D eigenvalue weighted by atomic mass is 19.4. The Morgan fingerprint density at radius 3 is 2.47 bits per heavy atom. The van der Waals surface area contributed by atoms with E-state index in [9.17, 15) is 53.2 Å². The van der Waals surface area contributed by atoms with Gasteiger partial charge in [-0.15, -0.1) is 0 Å². The van der Waals surface area contributed by atoms with Gasteiger partial charge in [-0.25, -0.2) is 0 Å². The normalized spacial score (nSPS) is 28.3. The van der Waals surface area contributed by atoms with Crippen molar-refractivity contribution in [3.05, 3.63) is 51.6 Å². The Kier molecular flexibility index (Phi) is 7.38. The number of rotatable bonds is 4. The quantitative estimate of drug-likeness (QED) is 0.214. The molecule has 1 amide bonds. The van der Waals surface area contributed by atoms with Crippen molar-refractivity contribution in [3.63, 3.8) is 0 Å². The predicted octanol–water partition coefficient (Wildman–Crippen LogP) is 1.68. The van der Waals surface area contributed by atoms with E-state index < -0.39 is 102 Å². The number of carbonyl (C=O) groups is 3. The number of hydrogen-bond donors (Lipinski definition) is 5. The number of fused-ring (bicyclic) bond motifs is 3. The minimum absolute atomic E-state index is 0.0277. The number of halogens is 3. The van der Waals surface area contributed by atoms with Crippen molar-refractivity contribution in [3.8, 4) is 23.3 Å². The van der Waals surface area contributed by atoms with Crippen LogP contribution in [0.25, 0.3) is 0 Å². The van der Waals surface area contributed by atoms with E-state index in [2.05, 4.69) is 0 Å². The largest absolute Gasteiger partial charge is 0.507 e. The van der Waals surface area contributed by atoms with Gasteiger partial charge in [-0.3, -0.25) is 14.4 Å². The Balaban J connectivity index is 1.58. The number of ketones is 2. The molecule has 5 rings (SSSR count). The van der Waals surface area contributed by atoms with E-state index in [0.717, 1.165) is 0 Å². The van der Waals surface area contributed by atoms with E-state index in [4.69, 9.17) is 14.2 Å². The lowest BCUT2D eigenvalue weighted by molar-refractivity contribution is -0.249. The molecule has 6 unspecified atom stereocenters. The zero-order valence-electron chi connectivity index (χ0n) is 22.6. The van der Waals surface area contributed by atoms with Crippen molar-refractivity contribution in [2.45, 2.75) is 68.6 Å². The number of aromatic hydroxyl groups is 2. The first kappa shape index (κ1) is 30.2. The first-order chi connectivity index (χ1) is 20.1. The lowest BCUT2D eigenvalue weighted by Gasteiger charge is -2.42. The minimum Gasteiger partial charge on any atom is -0.507 e. The lowest BCUT2D eigenvalue weighted by atomic mass is 9.73. The molecule has 0 aromatic heterocycles. The molecule has 3 aliphatic rings. The molecule has 0 radical (unpaired) electrons. The van der Waals surface area contributed by atoms with Crippen LogP contribution in [-0.2, 0) is 20.7 Å². The van der Waals surface area contributed by atoms with Gasteiger partial charge in [0.2, 0.25) is 5.78 Å². The Morgan fingerprint density at radius 1 is 1.16 bits per heavy atom. The second-order valence-corrected chi connectivity index (χ2v) is 10.6. The van der Waals surface area contributed by atoms with Crippen LogP contribution in [0.4, 0.5) is 13.2 Å². The van der Waals surface area contributed by atoms with Crippen LogP contribution in [0.5, 0.6) is 17.2 Å². The lowest BCUT2D eigenvalue weighted by Crippen LogP contribution is -2.57. The van der Waals surface area contributed by atoms with Gasteiger partial charge in [0.1, 0.15) is 23.4 Å². The SMILES string of the molecule is COc1cccc2c1C(=O)c1c(O)c3c(c(O)c1C2=O)CC(O)(C#N)CC3OC1CC(NC(=O)C(F)(F)F)C(O)C(C)O1. The van der Waals surface area contributed by atoms with E-state index in [1.54, 1.807) is 11.4 Å². The van der Waals surface area contributed by atoms with Crippen LogP contribution in [0, 0.1) is 11.3 Å². The van der Waals surface area contributed by atoms with Gasteiger partial charge < -0.3 is 40.0 Å². The van der Waals surface area contributed by atoms with Gasteiger partial charge in [0.25, 0.3) is 0 Å². The van der Waals surface area contributed by atoms with Crippen LogP contribution < -0.4 is 10.1 Å². The summed E-state index contributed by atoms with van der Waals surface area (Å²) in [5, 5.41) is 55.5. The molecule has 12 nitrogen and oxygen atoms in total. The number of methoxy groups -OCH3 is 1. The Hall–Kier alpha value is -4.23. The van der Waals surface area contributed by atoms with Crippen molar-refractivity contribution in [1.29, 1.82) is 5.26 Å². The van der Waals surface area contributed by atoms with Crippen molar-refractivity contribution in [2.75, 3.05) is 7.11 Å². The molecular weight excluding hydrogens is 581 g/mol. The number of amides is 1. The van der Waals surface area contributed by atoms with E-state index in [-0.39, 0.29) is 28.0 Å². The van der Waals surface area contributed by atoms with Crippen LogP contribution in [0.2, 0.25) is 0 Å². The number of nitrogens with one attached hydrogen (secondary N) is 1. The topological polar surface area (TPSA) is 196 Å². The molecule has 0 saturated carbocycles. The number of phenols is 2. The number of nitrogens with zero attached hydrogens (tertiary/aromatic N) is 1. The number of ether oxygens (including phenoxy) is 3. The fraction of sp³-hybridized carbons (Fsp3) is 0.429. The summed E-state index contributed by atoms with van der Waals surface area (Å²) in [6.45, 7) is 1.31. The van der Waals surface area contributed by atoms with Crippen LogP contribution in [0.3, 0.4) is 0 Å². The zero-order valence-corrected chi connectivity index (χ0v) is 22.6. The number of alkyl halides is 3. The molecular formula is C28H25F3N2O10. The number of hydrogen-bond acceptors (Lipinski definition) is 11. The third kappa shape index (κ3) is 4.95. The van der Waals surface area contributed by atoms with Gasteiger partial charge in [0.05, 0.1) is 48.1 Å². The number of aliphatic hydroxyl groups is 2. The van der Waals surface area contributed by atoms with E-state index in [1.807, 2.05) is 0 Å². The van der Waals surface area contributed by atoms with Crippen molar-refractivity contribution < 1.29 is 62.2 Å². The Labute approximate surface area is 241 Å². The predicted molar refractivity (Wildman–Crippen MR) is 135 cm³/mol. The summed E-state index contributed by atoms with van der Waals surface area (Å²) in [5.41, 5.74) is -4.14. The van der Waals surface area contributed by atoms with Gasteiger partial charge in [-0.05, 0) is 13.0 Å². The highest BCUT2D eigenvalue weighted by Gasteiger charge is 2.49. The Morgan fingerprint density at radius 2 is 1.84 bits per heavy atom. The summed E-state index contributed by atoms with van der Waals surface area (Å²) in [6.07, 6.45) is -12.6. The molecule has 5 N–H and O–H groups in total. The maximum absolute atomic E-state index is 13.6. The summed E-state index contributed by atoms with van der Waals surface area (Å²) in [5.74, 6) is -5.53. The van der Waals surface area contributed by atoms with E-state index in [0.29, 0.717) is 0 Å². The number of benzene rings is 2. The molecule has 2 aliphatic carbocycles. The maximum atomic E-state index is 13.6. The third-order valence-electron chi connectivity index (χ3n) is 7.88. The van der Waals surface area contributed by atoms with Crippen LogP contribution in [-0.4, -0.2) is 81.3 Å². The average Bonchev–Trinajstić information content (AvgIpc) is 2.94. The monoisotopic (exact) mass is 606 g/mol. The second-order valence-electron chi connectivity index (χ2n) is 10.6. The second kappa shape index (κ2) is 10.5. The van der Waals surface area contributed by atoms with Crippen LogP contribution in [0.15, 0.2) is 18.2 Å². The van der Waals surface area contributed by atoms with Crippen molar-refractivity contribution >= 4 is 17.5 Å². The van der Waals surface area contributed by atoms with Crippen LogP contribution >= 0.6 is 0 Å². The molecule has 2 aromatic carbocycles. The molecule has 2 aromatic rings. The molecule has 1 saturated heterocycles. The highest BCUT2D eigenvalue weighted by molar-refractivity contribution is 6.31. The summed E-state index contributed by atoms with van der Waals surface area (Å²) < 4.78 is 55.3. The number of aliphatic hydroxyl groups excluding tert-OH is 1. The summed E-state index contributed by atoms with van der Waals surface area (Å²) >= 11 is 0. The highest BCUT2D eigenvalue weighted by Crippen LogP contribution is 2.52. The molecule has 43 heavy (non-hydrogen) atoms. The summed E-state index contributed by atoms with van der Waals surface area (Å²) in [7, 11) is 1.27. The molecule has 1 aliphatic heterocycles. The first-order valence-electron chi connectivity index (χ1n) is 13.0. The number of phenolic OH excluding ortho intramolecular Hbond substituents is 2. The number of carbonyl (C=O) groups excluding carboxylic acids is 3. The molecule has 1 fully saturated rings. The van der Waals surface area contributed by atoms with Gasteiger partial charge in [0.15, 0.2) is 17.7 Å². The molecule has 228 valence electrons. The van der Waals surface area contributed by atoms with E-state index >= 15 is 0 Å². The summed E-state index contributed by atoms with van der Waals surface area (Å²) in [6, 6.07) is 4.40. The Bertz CT molecular complexity index is 1590. The van der Waals surface area contributed by atoms with E-state index in [1.165, 1.54) is 32.2 Å². The standard InChI is InChI=1S/C28H25F3N2O10/c1-10-21(34)13(33-26(39)28(29,30)31)6-16(42-10)43-15-8-27(40,9-32)7-12-18(15)25(38)20-19(23(12)36)22(35)11-4-3-5-14(41-2)17(11)24(20)37/h3-5,10,13,15-16,21,34,36,38,40H,6-8H2,1-2H3,(H,33,39). The fourth-order valence-corrected chi connectivity index (χ4v) is 5.83. The maximum Gasteiger partial charge on any atom is 0.471 e. The van der Waals surface area contributed by atoms with Crippen molar-refractivity contribution in [1.82, 2.24) is 5.32 Å². The third-order valence-corrected chi connectivity index (χ3v) is 7.88. The molecule has 1 heterocycles. The minimum atomic E-state index is -5.24. The number of nitriles is 1. The van der Waals surface area contributed by atoms with Crippen molar-refractivity contribution in [2.24, 2.45) is 0 Å². The smallest absolute Gasteiger partial charge is 0.471 e. The van der Waals surface area contributed by atoms with Gasteiger partial charge in [-0.2, -0.15) is 18.4 Å². The first-order valence-corrected chi connectivity index (χ1v) is 13.0. The van der Waals surface area contributed by atoms with Gasteiger partial charge in [-0.1, -0.05) is 12.1 Å². The molecule has 0 bridgehead atoms.